The molecule has 0 saturated carbocycles. The minimum absolute atomic E-state index is 0.181. The smallest absolute Gasteiger partial charge is 0.349 e. The summed E-state index contributed by atoms with van der Waals surface area (Å²) in [4.78, 5) is 12.4. The lowest BCUT2D eigenvalue weighted by atomic mass is 9.99. The van der Waals surface area contributed by atoms with Crippen molar-refractivity contribution in [1.29, 1.82) is 0 Å². The predicted octanol–water partition coefficient (Wildman–Crippen LogP) is 3.40. The summed E-state index contributed by atoms with van der Waals surface area (Å²) in [6, 6.07) is 6.25. The van der Waals surface area contributed by atoms with Crippen LogP contribution in [0.25, 0.3) is 0 Å². The zero-order valence-corrected chi connectivity index (χ0v) is 20.0. The number of carbonyl (C=O) groups is 1. The van der Waals surface area contributed by atoms with Gasteiger partial charge in [-0.05, 0) is 18.2 Å². The SMILES string of the molecule is CC(C)(C)[Si]1(C(C)(C)C)OC[C@H]2O[C@H](OC(=O)c3cccc(Cl)c3)[C@@H](O)[C@@H](O)[C@@H]2O1. The first-order valence-corrected chi connectivity index (χ1v) is 12.3. The van der Waals surface area contributed by atoms with Gasteiger partial charge in [-0.3, -0.25) is 0 Å². The van der Waals surface area contributed by atoms with E-state index >= 15 is 0 Å². The maximum absolute atomic E-state index is 12.4. The highest BCUT2D eigenvalue weighted by molar-refractivity contribution is 6.73. The summed E-state index contributed by atoms with van der Waals surface area (Å²) < 4.78 is 23.9. The lowest BCUT2D eigenvalue weighted by Gasteiger charge is -2.57. The van der Waals surface area contributed by atoms with Crippen LogP contribution in [0.15, 0.2) is 24.3 Å². The molecule has 9 heteroatoms. The van der Waals surface area contributed by atoms with E-state index in [0.717, 1.165) is 0 Å². The van der Waals surface area contributed by atoms with E-state index in [2.05, 4.69) is 41.5 Å². The Bertz CT molecular complexity index is 772. The van der Waals surface area contributed by atoms with Crippen molar-refractivity contribution in [1.82, 2.24) is 0 Å². The van der Waals surface area contributed by atoms with Crippen molar-refractivity contribution in [3.63, 3.8) is 0 Å². The summed E-state index contributed by atoms with van der Waals surface area (Å²) >= 11 is 5.92. The van der Waals surface area contributed by atoms with Crippen LogP contribution in [0.1, 0.15) is 51.9 Å². The molecule has 2 N–H and O–H groups in total. The van der Waals surface area contributed by atoms with Crippen molar-refractivity contribution in [2.75, 3.05) is 6.61 Å². The van der Waals surface area contributed by atoms with E-state index in [4.69, 9.17) is 29.9 Å². The molecule has 1 aromatic rings. The van der Waals surface area contributed by atoms with Crippen LogP contribution in [0, 0.1) is 0 Å². The van der Waals surface area contributed by atoms with Crippen molar-refractivity contribution in [2.45, 2.75) is 82.3 Å². The van der Waals surface area contributed by atoms with E-state index in [0.29, 0.717) is 5.02 Å². The third-order valence-electron chi connectivity index (χ3n) is 5.65. The average Bonchev–Trinajstić information content (AvgIpc) is 2.63. The minimum Gasteiger partial charge on any atom is -0.429 e. The van der Waals surface area contributed by atoms with Crippen molar-refractivity contribution >= 4 is 26.1 Å². The number of rotatable bonds is 2. The summed E-state index contributed by atoms with van der Waals surface area (Å²) in [5.41, 5.74) is 0.220. The number of aliphatic hydroxyl groups is 2. The highest BCUT2D eigenvalue weighted by Crippen LogP contribution is 2.55. The van der Waals surface area contributed by atoms with E-state index in [-0.39, 0.29) is 22.2 Å². The van der Waals surface area contributed by atoms with E-state index in [1.165, 1.54) is 6.07 Å². The van der Waals surface area contributed by atoms with Crippen LogP contribution < -0.4 is 0 Å². The number of ether oxygens (including phenoxy) is 2. The zero-order chi connectivity index (χ0) is 22.5. The third-order valence-corrected chi connectivity index (χ3v) is 11.0. The fourth-order valence-corrected chi connectivity index (χ4v) is 9.56. The van der Waals surface area contributed by atoms with Crippen LogP contribution >= 0.6 is 11.6 Å². The lowest BCUT2D eigenvalue weighted by Crippen LogP contribution is -2.71. The van der Waals surface area contributed by atoms with E-state index in [1.54, 1.807) is 18.2 Å². The van der Waals surface area contributed by atoms with Crippen LogP contribution in [-0.2, 0) is 18.3 Å². The molecule has 0 spiro atoms. The van der Waals surface area contributed by atoms with Gasteiger partial charge < -0.3 is 28.5 Å². The van der Waals surface area contributed by atoms with E-state index in [9.17, 15) is 15.0 Å². The fourth-order valence-electron chi connectivity index (χ4n) is 4.41. The Kier molecular flexibility index (Phi) is 6.44. The molecule has 2 heterocycles. The molecule has 2 fully saturated rings. The second-order valence-corrected chi connectivity index (χ2v) is 15.1. The van der Waals surface area contributed by atoms with E-state index < -0.39 is 45.2 Å². The molecule has 2 saturated heterocycles. The van der Waals surface area contributed by atoms with Crippen LogP contribution in [0.5, 0.6) is 0 Å². The highest BCUT2D eigenvalue weighted by atomic mass is 35.5. The minimum atomic E-state index is -2.85. The van der Waals surface area contributed by atoms with E-state index in [1.807, 2.05) is 0 Å². The lowest BCUT2D eigenvalue weighted by molar-refractivity contribution is -0.294. The maximum atomic E-state index is 12.4. The van der Waals surface area contributed by atoms with Crippen molar-refractivity contribution in [3.8, 4) is 0 Å². The van der Waals surface area contributed by atoms with Gasteiger partial charge in [0, 0.05) is 15.1 Å². The molecule has 1 aromatic carbocycles. The molecule has 0 aromatic heterocycles. The molecule has 168 valence electrons. The van der Waals surface area contributed by atoms with Crippen molar-refractivity contribution in [2.24, 2.45) is 0 Å². The molecule has 30 heavy (non-hydrogen) atoms. The predicted molar refractivity (Wildman–Crippen MR) is 114 cm³/mol. The monoisotopic (exact) mass is 458 g/mol. The molecule has 2 aliphatic rings. The number of benzene rings is 1. The Hall–Kier alpha value is -1.00. The molecule has 2 aliphatic heterocycles. The summed E-state index contributed by atoms with van der Waals surface area (Å²) in [5, 5.41) is 21.3. The maximum Gasteiger partial charge on any atom is 0.349 e. The number of aliphatic hydroxyl groups excluding tert-OH is 2. The number of hydrogen-bond acceptors (Lipinski definition) is 7. The van der Waals surface area contributed by atoms with Gasteiger partial charge >= 0.3 is 14.5 Å². The van der Waals surface area contributed by atoms with Crippen LogP contribution in [0.3, 0.4) is 0 Å². The second-order valence-electron chi connectivity index (χ2n) is 9.95. The first-order chi connectivity index (χ1) is 13.8. The summed E-state index contributed by atoms with van der Waals surface area (Å²) in [6.07, 6.45) is -5.55. The largest absolute Gasteiger partial charge is 0.429 e. The van der Waals surface area contributed by atoms with Crippen LogP contribution in [0.4, 0.5) is 0 Å². The van der Waals surface area contributed by atoms with Crippen LogP contribution in [0.2, 0.25) is 15.1 Å². The molecular weight excluding hydrogens is 428 g/mol. The molecule has 7 nitrogen and oxygen atoms in total. The standard InChI is InChI=1S/C21H31ClO7Si/c1-20(2,3)30(21(4,5)6)26-11-14-17(29-30)15(23)16(24)19(27-14)28-18(25)12-8-7-9-13(22)10-12/h7-10,14-17,19,23-24H,11H2,1-6H3/t14-,15-,16+,17-,19-/m1/s1. The fraction of sp³-hybridized carbons (Fsp3) is 0.667. The van der Waals surface area contributed by atoms with Gasteiger partial charge in [-0.2, -0.15) is 0 Å². The molecular formula is C21H31ClO7Si. The summed E-state index contributed by atoms with van der Waals surface area (Å²) in [6.45, 7) is 12.6. The van der Waals surface area contributed by atoms with Gasteiger partial charge in [-0.25, -0.2) is 4.79 Å². The quantitative estimate of drug-likeness (QED) is 0.518. The molecule has 0 bridgehead atoms. The Morgan fingerprint density at radius 1 is 1.13 bits per heavy atom. The van der Waals surface area contributed by atoms with Gasteiger partial charge in [0.25, 0.3) is 0 Å². The number of esters is 1. The Morgan fingerprint density at radius 2 is 1.77 bits per heavy atom. The first-order valence-electron chi connectivity index (χ1n) is 10.1. The van der Waals surface area contributed by atoms with Crippen molar-refractivity contribution < 1.29 is 33.3 Å². The van der Waals surface area contributed by atoms with Gasteiger partial charge in [0.15, 0.2) is 0 Å². The normalized spacial score (nSPS) is 31.7. The van der Waals surface area contributed by atoms with Gasteiger partial charge in [0.2, 0.25) is 6.29 Å². The van der Waals surface area contributed by atoms with Gasteiger partial charge in [-0.15, -0.1) is 0 Å². The van der Waals surface area contributed by atoms with Gasteiger partial charge in [0.1, 0.15) is 24.4 Å². The van der Waals surface area contributed by atoms with Crippen molar-refractivity contribution in [3.05, 3.63) is 34.9 Å². The molecule has 0 amide bonds. The Labute approximate surface area is 183 Å². The summed E-state index contributed by atoms with van der Waals surface area (Å²) in [5.74, 6) is -0.710. The highest BCUT2D eigenvalue weighted by Gasteiger charge is 2.64. The molecule has 3 rings (SSSR count). The number of hydrogen-bond donors (Lipinski definition) is 2. The number of carbonyl (C=O) groups excluding carboxylic acids is 1. The van der Waals surface area contributed by atoms with Gasteiger partial charge in [0.05, 0.1) is 12.2 Å². The summed E-state index contributed by atoms with van der Waals surface area (Å²) in [7, 11) is -2.85. The van der Waals surface area contributed by atoms with Crippen LogP contribution in [-0.4, -0.2) is 62.1 Å². The molecule has 0 unspecified atom stereocenters. The molecule has 5 atom stereocenters. The molecule has 0 radical (unpaired) electrons. The second kappa shape index (κ2) is 8.16. The van der Waals surface area contributed by atoms with Gasteiger partial charge in [-0.1, -0.05) is 59.2 Å². The first kappa shape index (κ1) is 23.7. The molecule has 0 aliphatic carbocycles. The number of halogens is 1. The third kappa shape index (κ3) is 4.19. The Morgan fingerprint density at radius 3 is 2.33 bits per heavy atom. The Balaban J connectivity index is 1.78. The average molecular weight is 459 g/mol. The topological polar surface area (TPSA) is 94.5 Å². The zero-order valence-electron chi connectivity index (χ0n) is 18.2. The number of fused-ring (bicyclic) bond motifs is 1.